The second-order valence-electron chi connectivity index (χ2n) is 10.1. The number of carbonyl (C=O) groups is 2. The summed E-state index contributed by atoms with van der Waals surface area (Å²) in [5.41, 5.74) is 1.25. The van der Waals surface area contributed by atoms with Gasteiger partial charge in [0.15, 0.2) is 0 Å². The van der Waals surface area contributed by atoms with Crippen LogP contribution in [0.4, 0.5) is 10.5 Å². The molecule has 2 aromatic carbocycles. The Balaban J connectivity index is 1.68. The molecule has 0 saturated carbocycles. The van der Waals surface area contributed by atoms with Crippen LogP contribution in [0.25, 0.3) is 0 Å². The lowest BCUT2D eigenvalue weighted by Crippen LogP contribution is -2.50. The number of anilines is 1. The molecule has 0 radical (unpaired) electrons. The maximum absolute atomic E-state index is 13.1. The van der Waals surface area contributed by atoms with Crippen molar-refractivity contribution < 1.29 is 29.3 Å². The minimum Gasteiger partial charge on any atom is -0.491 e. The Morgan fingerprint density at radius 1 is 1.03 bits per heavy atom. The zero-order valence-corrected chi connectivity index (χ0v) is 22.3. The number of ether oxygens (including phenoxy) is 2. The van der Waals surface area contributed by atoms with Gasteiger partial charge in [-0.25, -0.2) is 4.79 Å². The van der Waals surface area contributed by atoms with Gasteiger partial charge in [0.1, 0.15) is 29.8 Å². The van der Waals surface area contributed by atoms with Gasteiger partial charge in [-0.2, -0.15) is 0 Å². The van der Waals surface area contributed by atoms with Crippen LogP contribution < -0.4 is 10.1 Å². The lowest BCUT2D eigenvalue weighted by molar-refractivity contribution is -0.00891. The van der Waals surface area contributed by atoms with Crippen molar-refractivity contribution in [1.82, 2.24) is 9.47 Å². The molecule has 3 rings (SSSR count). The number of para-hydroxylation sites is 1. The van der Waals surface area contributed by atoms with Gasteiger partial charge in [-0.05, 0) is 69.2 Å². The van der Waals surface area contributed by atoms with Gasteiger partial charge in [0.2, 0.25) is 0 Å². The normalized spacial score (nSPS) is 12.9. The lowest BCUT2D eigenvalue weighted by atomic mass is 10.0. The molecule has 3 N–H and O–H groups in total. The molecule has 0 spiro atoms. The van der Waals surface area contributed by atoms with Gasteiger partial charge < -0.3 is 29.6 Å². The molecule has 9 nitrogen and oxygen atoms in total. The van der Waals surface area contributed by atoms with Crippen LogP contribution in [0.5, 0.6) is 5.75 Å². The van der Waals surface area contributed by atoms with E-state index in [1.54, 1.807) is 75.0 Å². The van der Waals surface area contributed by atoms with E-state index in [-0.39, 0.29) is 25.7 Å². The van der Waals surface area contributed by atoms with Crippen molar-refractivity contribution in [3.63, 3.8) is 0 Å². The third-order valence-corrected chi connectivity index (χ3v) is 5.73. The van der Waals surface area contributed by atoms with E-state index in [2.05, 4.69) is 5.32 Å². The Morgan fingerprint density at radius 3 is 2.29 bits per heavy atom. The summed E-state index contributed by atoms with van der Waals surface area (Å²) in [7, 11) is 1.80. The molecule has 9 heteroatoms. The number of aromatic nitrogens is 1. The van der Waals surface area contributed by atoms with Gasteiger partial charge in [0.25, 0.3) is 5.91 Å². The standard InChI is InChI=1S/C29H37N3O6/c1-29(2,3)38-28(36)32(18-24(34)20-37-25-9-6-5-7-10-25)23(19-33)17-21-12-14-22(15-13-21)30-27(35)26-11-8-16-31(26)4/h5-16,23-24,33-34H,17-20H2,1-4H3,(H,30,35)/t23-,24-/m0/s1. The average Bonchev–Trinajstić information content (AvgIpc) is 3.31. The van der Waals surface area contributed by atoms with Crippen LogP contribution >= 0.6 is 0 Å². The van der Waals surface area contributed by atoms with Crippen molar-refractivity contribution in [2.45, 2.75) is 44.9 Å². The van der Waals surface area contributed by atoms with E-state index in [4.69, 9.17) is 9.47 Å². The zero-order chi connectivity index (χ0) is 27.7. The SMILES string of the molecule is Cn1cccc1C(=O)Nc1ccc(C[C@@H](CO)N(C[C@H](O)COc2ccccc2)C(=O)OC(C)(C)C)cc1. The quantitative estimate of drug-likeness (QED) is 0.352. The minimum atomic E-state index is -1.01. The van der Waals surface area contributed by atoms with E-state index in [0.717, 1.165) is 5.56 Å². The molecule has 38 heavy (non-hydrogen) atoms. The highest BCUT2D eigenvalue weighted by molar-refractivity contribution is 6.03. The number of aryl methyl sites for hydroxylation is 1. The third-order valence-electron chi connectivity index (χ3n) is 5.73. The van der Waals surface area contributed by atoms with Crippen molar-refractivity contribution in [3.05, 3.63) is 84.2 Å². The Kier molecular flexibility index (Phi) is 9.92. The summed E-state index contributed by atoms with van der Waals surface area (Å²) in [5, 5.41) is 23.7. The molecule has 0 aliphatic heterocycles. The van der Waals surface area contributed by atoms with E-state index in [9.17, 15) is 19.8 Å². The Morgan fingerprint density at radius 2 is 1.71 bits per heavy atom. The van der Waals surface area contributed by atoms with Crippen LogP contribution in [0, 0.1) is 0 Å². The number of nitrogens with one attached hydrogen (secondary N) is 1. The van der Waals surface area contributed by atoms with Gasteiger partial charge >= 0.3 is 6.09 Å². The number of benzene rings is 2. The van der Waals surface area contributed by atoms with Crippen LogP contribution in [0.2, 0.25) is 0 Å². The Bertz CT molecular complexity index is 1170. The van der Waals surface area contributed by atoms with Crippen molar-refractivity contribution in [2.75, 3.05) is 25.1 Å². The predicted octanol–water partition coefficient (Wildman–Crippen LogP) is 3.86. The summed E-state index contributed by atoms with van der Waals surface area (Å²) in [6, 6.07) is 19.1. The largest absolute Gasteiger partial charge is 0.491 e. The average molecular weight is 524 g/mol. The van der Waals surface area contributed by atoms with Gasteiger partial charge in [0, 0.05) is 18.9 Å². The molecule has 1 aromatic heterocycles. The number of amides is 2. The topological polar surface area (TPSA) is 113 Å². The van der Waals surface area contributed by atoms with Crippen molar-refractivity contribution >= 4 is 17.7 Å². The highest BCUT2D eigenvalue weighted by atomic mass is 16.6. The first-order chi connectivity index (χ1) is 18.1. The van der Waals surface area contributed by atoms with Crippen LogP contribution in [-0.2, 0) is 18.2 Å². The molecule has 3 aromatic rings. The van der Waals surface area contributed by atoms with Crippen molar-refractivity contribution in [1.29, 1.82) is 0 Å². The molecule has 0 aliphatic carbocycles. The lowest BCUT2D eigenvalue weighted by Gasteiger charge is -2.34. The van der Waals surface area contributed by atoms with E-state index in [1.165, 1.54) is 4.90 Å². The van der Waals surface area contributed by atoms with Gasteiger partial charge in [-0.15, -0.1) is 0 Å². The molecule has 0 unspecified atom stereocenters. The smallest absolute Gasteiger partial charge is 0.410 e. The monoisotopic (exact) mass is 523 g/mol. The summed E-state index contributed by atoms with van der Waals surface area (Å²) in [6.45, 7) is 4.82. The summed E-state index contributed by atoms with van der Waals surface area (Å²) in [4.78, 5) is 26.9. The second kappa shape index (κ2) is 13.1. The number of carbonyl (C=O) groups excluding carboxylic acids is 2. The van der Waals surface area contributed by atoms with E-state index >= 15 is 0 Å². The molecule has 2 atom stereocenters. The molecule has 2 amide bonds. The number of aliphatic hydroxyl groups is 2. The first-order valence-corrected chi connectivity index (χ1v) is 12.5. The van der Waals surface area contributed by atoms with Crippen LogP contribution in [0.3, 0.4) is 0 Å². The van der Waals surface area contributed by atoms with Crippen molar-refractivity contribution in [3.8, 4) is 5.75 Å². The maximum Gasteiger partial charge on any atom is 0.410 e. The summed E-state index contributed by atoms with van der Waals surface area (Å²) >= 11 is 0. The number of hydrogen-bond donors (Lipinski definition) is 3. The third kappa shape index (κ3) is 8.64. The molecular formula is C29H37N3O6. The molecule has 0 bridgehead atoms. The molecule has 0 fully saturated rings. The summed E-state index contributed by atoms with van der Waals surface area (Å²) < 4.78 is 12.9. The Hall–Kier alpha value is -3.82. The van der Waals surface area contributed by atoms with Gasteiger partial charge in [-0.3, -0.25) is 9.69 Å². The minimum absolute atomic E-state index is 0.0308. The molecule has 0 aliphatic rings. The van der Waals surface area contributed by atoms with E-state index in [1.807, 2.05) is 30.3 Å². The van der Waals surface area contributed by atoms with E-state index < -0.39 is 23.8 Å². The highest BCUT2D eigenvalue weighted by Gasteiger charge is 2.30. The first kappa shape index (κ1) is 28.7. The highest BCUT2D eigenvalue weighted by Crippen LogP contribution is 2.18. The number of rotatable bonds is 11. The van der Waals surface area contributed by atoms with Gasteiger partial charge in [0.05, 0.1) is 19.2 Å². The molecule has 204 valence electrons. The van der Waals surface area contributed by atoms with Crippen LogP contribution in [0.15, 0.2) is 72.9 Å². The fourth-order valence-electron chi connectivity index (χ4n) is 3.84. The predicted molar refractivity (Wildman–Crippen MR) is 145 cm³/mol. The van der Waals surface area contributed by atoms with Crippen LogP contribution in [-0.4, -0.2) is 69.2 Å². The second-order valence-corrected chi connectivity index (χ2v) is 10.1. The van der Waals surface area contributed by atoms with Crippen molar-refractivity contribution in [2.24, 2.45) is 7.05 Å². The Labute approximate surface area is 223 Å². The van der Waals surface area contributed by atoms with E-state index in [0.29, 0.717) is 23.6 Å². The number of aliphatic hydroxyl groups excluding tert-OH is 2. The first-order valence-electron chi connectivity index (χ1n) is 12.5. The van der Waals surface area contributed by atoms with Gasteiger partial charge in [-0.1, -0.05) is 30.3 Å². The van der Waals surface area contributed by atoms with Crippen LogP contribution in [0.1, 0.15) is 36.8 Å². The summed E-state index contributed by atoms with van der Waals surface area (Å²) in [5.74, 6) is 0.384. The molecule has 1 heterocycles. The molecular weight excluding hydrogens is 486 g/mol. The fraction of sp³-hybridized carbons (Fsp3) is 0.379. The molecule has 0 saturated heterocycles. The number of nitrogens with zero attached hydrogens (tertiary/aromatic N) is 2. The maximum atomic E-state index is 13.1. The summed E-state index contributed by atoms with van der Waals surface area (Å²) in [6.07, 6.45) is 0.469. The number of hydrogen-bond acceptors (Lipinski definition) is 6. The zero-order valence-electron chi connectivity index (χ0n) is 22.3. The fourth-order valence-corrected chi connectivity index (χ4v) is 3.84.